The maximum atomic E-state index is 13.0. The molecule has 1 saturated heterocycles. The fourth-order valence-electron chi connectivity index (χ4n) is 3.54. The number of urea groups is 1. The molecule has 2 aromatic heterocycles. The quantitative estimate of drug-likeness (QED) is 0.615. The average Bonchev–Trinajstić information content (AvgIpc) is 3.36. The number of aryl methyl sites for hydroxylation is 1. The Labute approximate surface area is 189 Å². The number of aromatic nitrogens is 1. The fourth-order valence-corrected chi connectivity index (χ4v) is 4.71. The molecule has 0 saturated carbocycles. The largest absolute Gasteiger partial charge is 0.478 e. The molecule has 0 bridgehead atoms. The summed E-state index contributed by atoms with van der Waals surface area (Å²) in [6, 6.07) is 11.9. The first-order chi connectivity index (χ1) is 15.3. The number of nitrogens with zero attached hydrogens (tertiary/aromatic N) is 4. The molecule has 164 valence electrons. The zero-order valence-electron chi connectivity index (χ0n) is 17.7. The highest BCUT2D eigenvalue weighted by Gasteiger charge is 2.32. The zero-order chi connectivity index (χ0) is 22.8. The lowest BCUT2D eigenvalue weighted by Gasteiger charge is -2.18. The van der Waals surface area contributed by atoms with Crippen LogP contribution in [0, 0.1) is 6.92 Å². The molecule has 1 aliphatic heterocycles. The number of thiophene rings is 1. The van der Waals surface area contributed by atoms with Gasteiger partial charge in [-0.05, 0) is 48.4 Å². The number of aromatic carboxylic acids is 1. The minimum Gasteiger partial charge on any atom is -0.478 e. The number of amides is 3. The van der Waals surface area contributed by atoms with Crippen molar-refractivity contribution in [3.05, 3.63) is 76.4 Å². The molecular formula is C23H22N4O4S. The summed E-state index contributed by atoms with van der Waals surface area (Å²) in [6.07, 6.45) is 3.29. The van der Waals surface area contributed by atoms with Gasteiger partial charge in [0.15, 0.2) is 0 Å². The molecule has 0 radical (unpaired) electrons. The SMILES string of the molecule is Cc1cc(N2CCN(Cc3ccc(C(=O)O)cc3)C2=O)sc1C(=O)N(C)c1cccnc1. The number of carboxylic acid groups (broad SMARTS) is 1. The van der Waals surface area contributed by atoms with E-state index < -0.39 is 5.97 Å². The van der Waals surface area contributed by atoms with Gasteiger partial charge in [-0.25, -0.2) is 9.59 Å². The number of anilines is 2. The molecule has 1 N–H and O–H groups in total. The molecule has 9 heteroatoms. The van der Waals surface area contributed by atoms with Crippen molar-refractivity contribution in [1.29, 1.82) is 0 Å². The zero-order valence-corrected chi connectivity index (χ0v) is 18.5. The van der Waals surface area contributed by atoms with Crippen LogP contribution >= 0.6 is 11.3 Å². The molecule has 8 nitrogen and oxygen atoms in total. The van der Waals surface area contributed by atoms with E-state index in [0.717, 1.165) is 16.1 Å². The number of hydrogen-bond acceptors (Lipinski definition) is 5. The van der Waals surface area contributed by atoms with E-state index in [1.807, 2.05) is 19.1 Å². The Bertz CT molecular complexity index is 1160. The van der Waals surface area contributed by atoms with E-state index in [2.05, 4.69) is 4.98 Å². The van der Waals surface area contributed by atoms with Crippen molar-refractivity contribution in [3.8, 4) is 0 Å². The number of benzene rings is 1. The summed E-state index contributed by atoms with van der Waals surface area (Å²) < 4.78 is 0. The van der Waals surface area contributed by atoms with Gasteiger partial charge in [0.25, 0.3) is 5.91 Å². The molecule has 1 aromatic carbocycles. The van der Waals surface area contributed by atoms with Crippen molar-refractivity contribution in [2.24, 2.45) is 0 Å². The minimum absolute atomic E-state index is 0.131. The summed E-state index contributed by atoms with van der Waals surface area (Å²) in [5.74, 6) is -1.12. The van der Waals surface area contributed by atoms with Crippen LogP contribution in [0.5, 0.6) is 0 Å². The lowest BCUT2D eigenvalue weighted by atomic mass is 10.1. The van der Waals surface area contributed by atoms with Crippen LogP contribution in [-0.4, -0.2) is 53.0 Å². The fraction of sp³-hybridized carbons (Fsp3) is 0.217. The Morgan fingerprint density at radius 3 is 2.59 bits per heavy atom. The third kappa shape index (κ3) is 4.19. The first-order valence-electron chi connectivity index (χ1n) is 10.0. The second-order valence-corrected chi connectivity index (χ2v) is 8.56. The van der Waals surface area contributed by atoms with E-state index in [1.54, 1.807) is 52.3 Å². The van der Waals surface area contributed by atoms with Gasteiger partial charge in [0, 0.05) is 32.9 Å². The monoisotopic (exact) mass is 450 g/mol. The molecule has 0 atom stereocenters. The van der Waals surface area contributed by atoms with Crippen LogP contribution in [-0.2, 0) is 6.54 Å². The summed E-state index contributed by atoms with van der Waals surface area (Å²) in [6.45, 7) is 3.34. The van der Waals surface area contributed by atoms with E-state index in [4.69, 9.17) is 5.11 Å². The topological polar surface area (TPSA) is 94.0 Å². The van der Waals surface area contributed by atoms with Gasteiger partial charge in [-0.2, -0.15) is 0 Å². The molecule has 3 amide bonds. The van der Waals surface area contributed by atoms with Crippen LogP contribution in [0.4, 0.5) is 15.5 Å². The molecule has 1 fully saturated rings. The molecular weight excluding hydrogens is 428 g/mol. The number of pyridine rings is 1. The van der Waals surface area contributed by atoms with Gasteiger partial charge < -0.3 is 14.9 Å². The third-order valence-corrected chi connectivity index (χ3v) is 6.62. The summed E-state index contributed by atoms with van der Waals surface area (Å²) in [4.78, 5) is 46.6. The van der Waals surface area contributed by atoms with Crippen molar-refractivity contribution >= 4 is 39.9 Å². The van der Waals surface area contributed by atoms with Crippen LogP contribution in [0.15, 0.2) is 54.9 Å². The average molecular weight is 451 g/mol. The van der Waals surface area contributed by atoms with Gasteiger partial charge in [0.2, 0.25) is 0 Å². The summed E-state index contributed by atoms with van der Waals surface area (Å²) in [5, 5.41) is 9.76. The molecule has 4 rings (SSSR count). The number of carbonyl (C=O) groups is 3. The van der Waals surface area contributed by atoms with Gasteiger partial charge in [0.1, 0.15) is 5.00 Å². The van der Waals surface area contributed by atoms with E-state index >= 15 is 0 Å². The van der Waals surface area contributed by atoms with E-state index in [0.29, 0.717) is 30.2 Å². The number of carboxylic acids is 1. The second kappa shape index (κ2) is 8.80. The van der Waals surface area contributed by atoms with Gasteiger partial charge in [0.05, 0.1) is 22.3 Å². The van der Waals surface area contributed by atoms with E-state index in [9.17, 15) is 14.4 Å². The summed E-state index contributed by atoms with van der Waals surface area (Å²) >= 11 is 1.31. The van der Waals surface area contributed by atoms with Crippen molar-refractivity contribution in [2.45, 2.75) is 13.5 Å². The first-order valence-corrected chi connectivity index (χ1v) is 10.8. The molecule has 1 aliphatic rings. The highest BCUT2D eigenvalue weighted by Crippen LogP contribution is 2.33. The number of carbonyl (C=O) groups excluding carboxylic acids is 2. The van der Waals surface area contributed by atoms with E-state index in [1.165, 1.54) is 23.5 Å². The van der Waals surface area contributed by atoms with Crippen LogP contribution in [0.2, 0.25) is 0 Å². The summed E-state index contributed by atoms with van der Waals surface area (Å²) in [7, 11) is 1.70. The second-order valence-electron chi connectivity index (χ2n) is 7.53. The highest BCUT2D eigenvalue weighted by atomic mass is 32.1. The van der Waals surface area contributed by atoms with Crippen molar-refractivity contribution in [1.82, 2.24) is 9.88 Å². The predicted molar refractivity (Wildman–Crippen MR) is 123 cm³/mol. The lowest BCUT2D eigenvalue weighted by molar-refractivity contribution is 0.0696. The molecule has 0 aliphatic carbocycles. The number of hydrogen-bond donors (Lipinski definition) is 1. The maximum Gasteiger partial charge on any atom is 0.335 e. The minimum atomic E-state index is -0.979. The van der Waals surface area contributed by atoms with Crippen molar-refractivity contribution in [2.75, 3.05) is 29.9 Å². The van der Waals surface area contributed by atoms with Gasteiger partial charge in [-0.1, -0.05) is 12.1 Å². The lowest BCUT2D eigenvalue weighted by Crippen LogP contribution is -2.31. The Balaban J connectivity index is 1.47. The third-order valence-electron chi connectivity index (χ3n) is 5.37. The Hall–Kier alpha value is -3.72. The highest BCUT2D eigenvalue weighted by molar-refractivity contribution is 7.18. The van der Waals surface area contributed by atoms with Crippen LogP contribution in [0.1, 0.15) is 31.2 Å². The van der Waals surface area contributed by atoms with Crippen molar-refractivity contribution in [3.63, 3.8) is 0 Å². The summed E-state index contributed by atoms with van der Waals surface area (Å²) in [5.41, 5.74) is 2.59. The number of rotatable bonds is 6. The Morgan fingerprint density at radius 1 is 1.19 bits per heavy atom. The standard InChI is InChI=1S/C23H22N4O4S/c1-15-12-19(32-20(15)21(28)25(2)18-4-3-9-24-13-18)27-11-10-26(23(27)31)14-16-5-7-17(8-6-16)22(29)30/h3-9,12-13H,10-11,14H2,1-2H3,(H,29,30). The van der Waals surface area contributed by atoms with Crippen LogP contribution in [0.3, 0.4) is 0 Å². The smallest absolute Gasteiger partial charge is 0.335 e. The van der Waals surface area contributed by atoms with Crippen LogP contribution < -0.4 is 9.80 Å². The Morgan fingerprint density at radius 2 is 1.94 bits per heavy atom. The van der Waals surface area contributed by atoms with Gasteiger partial charge in [-0.3, -0.25) is 14.7 Å². The van der Waals surface area contributed by atoms with Gasteiger partial charge in [-0.15, -0.1) is 11.3 Å². The van der Waals surface area contributed by atoms with Crippen LogP contribution in [0.25, 0.3) is 0 Å². The molecule has 0 unspecified atom stereocenters. The molecule has 3 aromatic rings. The maximum absolute atomic E-state index is 13.0. The van der Waals surface area contributed by atoms with Crippen molar-refractivity contribution < 1.29 is 19.5 Å². The van der Waals surface area contributed by atoms with E-state index in [-0.39, 0.29) is 17.5 Å². The Kier molecular flexibility index (Phi) is 5.91. The molecule has 0 spiro atoms. The molecule has 32 heavy (non-hydrogen) atoms. The molecule has 3 heterocycles. The first kappa shape index (κ1) is 21.5. The van der Waals surface area contributed by atoms with Gasteiger partial charge >= 0.3 is 12.0 Å². The predicted octanol–water partition coefficient (Wildman–Crippen LogP) is 3.87. The normalized spacial score (nSPS) is 13.5.